The van der Waals surface area contributed by atoms with Crippen molar-refractivity contribution in [3.05, 3.63) is 75.8 Å². The fraction of sp³-hybridized carbons (Fsp3) is 0.273. The van der Waals surface area contributed by atoms with E-state index < -0.39 is 53.1 Å². The summed E-state index contributed by atoms with van der Waals surface area (Å²) >= 11 is 0. The van der Waals surface area contributed by atoms with Crippen LogP contribution in [-0.4, -0.2) is 46.7 Å². The van der Waals surface area contributed by atoms with Crippen molar-refractivity contribution in [1.29, 1.82) is 0 Å². The summed E-state index contributed by atoms with van der Waals surface area (Å²) in [4.78, 5) is 59.7. The van der Waals surface area contributed by atoms with Crippen LogP contribution in [0.5, 0.6) is 0 Å². The molecule has 0 aromatic heterocycles. The molecule has 0 radical (unpaired) electrons. The van der Waals surface area contributed by atoms with E-state index in [0.29, 0.717) is 6.42 Å². The molecule has 11 heteroatoms. The number of hydrogen-bond donors (Lipinski definition) is 4. The lowest BCUT2D eigenvalue weighted by Crippen LogP contribution is -2.63. The van der Waals surface area contributed by atoms with Gasteiger partial charge in [0, 0.05) is 24.5 Å². The molecule has 0 unspecified atom stereocenters. The topological polar surface area (TPSA) is 174 Å². The maximum absolute atomic E-state index is 12.5. The minimum absolute atomic E-state index is 0.194. The molecule has 1 aliphatic rings. The number of nitrogens with zero attached hydrogens (tertiary/aromatic N) is 1. The molecule has 0 bridgehead atoms. The van der Waals surface area contributed by atoms with Gasteiger partial charge in [0.15, 0.2) is 0 Å². The predicted molar refractivity (Wildman–Crippen MR) is 117 cm³/mol. The maximum Gasteiger partial charge on any atom is 0.272 e. The van der Waals surface area contributed by atoms with E-state index in [9.17, 15) is 29.3 Å². The highest BCUT2D eigenvalue weighted by molar-refractivity contribution is 5.99. The summed E-state index contributed by atoms with van der Waals surface area (Å²) in [5.41, 5.74) is 6.24. The second-order valence-corrected chi connectivity index (χ2v) is 7.63. The zero-order chi connectivity index (χ0) is 24.0. The molecule has 0 aliphatic carbocycles. The maximum atomic E-state index is 12.5. The molecule has 11 nitrogen and oxygen atoms in total. The van der Waals surface area contributed by atoms with Gasteiger partial charge in [-0.15, -0.1) is 0 Å². The van der Waals surface area contributed by atoms with Crippen LogP contribution in [0.15, 0.2) is 54.6 Å². The van der Waals surface area contributed by atoms with E-state index in [2.05, 4.69) is 16.0 Å². The average molecular weight is 453 g/mol. The monoisotopic (exact) mass is 453 g/mol. The van der Waals surface area contributed by atoms with E-state index in [0.717, 1.165) is 5.56 Å². The van der Waals surface area contributed by atoms with E-state index in [1.165, 1.54) is 18.2 Å². The summed E-state index contributed by atoms with van der Waals surface area (Å²) in [6.07, 6.45) is -0.312. The van der Waals surface area contributed by atoms with Gasteiger partial charge < -0.3 is 21.7 Å². The summed E-state index contributed by atoms with van der Waals surface area (Å²) in [6.45, 7) is 0. The van der Waals surface area contributed by atoms with Crippen LogP contribution in [-0.2, 0) is 32.0 Å². The zero-order valence-corrected chi connectivity index (χ0v) is 17.5. The van der Waals surface area contributed by atoms with Crippen LogP contribution in [0.3, 0.4) is 0 Å². The predicted octanol–water partition coefficient (Wildman–Crippen LogP) is -0.277. The third-order valence-corrected chi connectivity index (χ3v) is 5.23. The van der Waals surface area contributed by atoms with Crippen LogP contribution in [0.4, 0.5) is 5.69 Å². The normalized spacial score (nSPS) is 18.5. The largest absolute Gasteiger partial charge is 0.368 e. The first kappa shape index (κ1) is 23.4. The average Bonchev–Trinajstić information content (AvgIpc) is 2.77. The van der Waals surface area contributed by atoms with Crippen molar-refractivity contribution in [1.82, 2.24) is 16.0 Å². The van der Waals surface area contributed by atoms with Crippen molar-refractivity contribution >= 4 is 29.3 Å². The van der Waals surface area contributed by atoms with Crippen molar-refractivity contribution in [2.24, 2.45) is 5.73 Å². The van der Waals surface area contributed by atoms with Crippen LogP contribution in [0.2, 0.25) is 0 Å². The molecule has 3 rings (SSSR count). The molecule has 2 aromatic carbocycles. The van der Waals surface area contributed by atoms with E-state index >= 15 is 0 Å². The van der Waals surface area contributed by atoms with Gasteiger partial charge in [0.1, 0.15) is 18.1 Å². The van der Waals surface area contributed by atoms with Crippen LogP contribution in [0, 0.1) is 10.1 Å². The van der Waals surface area contributed by atoms with Crippen molar-refractivity contribution in [2.45, 2.75) is 37.4 Å². The van der Waals surface area contributed by atoms with Gasteiger partial charge >= 0.3 is 0 Å². The van der Waals surface area contributed by atoms with Gasteiger partial charge in [-0.25, -0.2) is 0 Å². The Morgan fingerprint density at radius 2 is 1.61 bits per heavy atom. The Balaban J connectivity index is 1.60. The molecule has 3 atom stereocenters. The third kappa shape index (κ3) is 6.12. The molecule has 2 aromatic rings. The summed E-state index contributed by atoms with van der Waals surface area (Å²) < 4.78 is 0. The van der Waals surface area contributed by atoms with Crippen LogP contribution < -0.4 is 21.7 Å². The summed E-state index contributed by atoms with van der Waals surface area (Å²) in [7, 11) is 0. The summed E-state index contributed by atoms with van der Waals surface area (Å²) in [5.74, 6) is -2.55. The molecular formula is C22H23N5O6. The van der Waals surface area contributed by atoms with Crippen molar-refractivity contribution in [3.63, 3.8) is 0 Å². The molecule has 0 saturated carbocycles. The molecule has 33 heavy (non-hydrogen) atoms. The van der Waals surface area contributed by atoms with Gasteiger partial charge in [-0.3, -0.25) is 29.3 Å². The lowest BCUT2D eigenvalue weighted by Gasteiger charge is -2.29. The number of nitrogens with one attached hydrogen (secondary N) is 3. The van der Waals surface area contributed by atoms with E-state index in [1.54, 1.807) is 6.07 Å². The minimum atomic E-state index is -1.23. The zero-order valence-electron chi connectivity index (χ0n) is 17.5. The number of primary amides is 1. The number of nitrogens with two attached hydrogens (primary N) is 1. The number of benzene rings is 2. The molecule has 1 saturated heterocycles. The minimum Gasteiger partial charge on any atom is -0.368 e. The van der Waals surface area contributed by atoms with Gasteiger partial charge in [-0.1, -0.05) is 48.5 Å². The summed E-state index contributed by atoms with van der Waals surface area (Å²) in [5, 5.41) is 18.7. The SMILES string of the molecule is NC(=O)[C@H](Cc1ccccc1[N+](=O)[O-])NC(=O)C[C@@H]1NC(=O)[C@H](Cc2ccccc2)NC1=O. The van der Waals surface area contributed by atoms with Crippen LogP contribution in [0.1, 0.15) is 17.5 Å². The number of piperazine rings is 1. The standard InChI is InChI=1S/C22H23N5O6/c23-20(29)15(11-14-8-4-5-9-18(14)27(32)33)24-19(28)12-17-22(31)25-16(21(30)26-17)10-13-6-2-1-3-7-13/h1-9,15-17H,10-12H2,(H2,23,29)(H,24,28)(H,25,31)(H,26,30)/t15-,16-,17-/m0/s1. The lowest BCUT2D eigenvalue weighted by molar-refractivity contribution is -0.385. The second kappa shape index (κ2) is 10.4. The smallest absolute Gasteiger partial charge is 0.272 e. The second-order valence-electron chi connectivity index (χ2n) is 7.63. The Bertz CT molecular complexity index is 1070. The highest BCUT2D eigenvalue weighted by Gasteiger charge is 2.35. The number of rotatable bonds is 9. The van der Waals surface area contributed by atoms with E-state index in [4.69, 9.17) is 5.73 Å². The molecule has 5 N–H and O–H groups in total. The Kier molecular flexibility index (Phi) is 7.34. The highest BCUT2D eigenvalue weighted by Crippen LogP contribution is 2.19. The number of hydrogen-bond acceptors (Lipinski definition) is 6. The highest BCUT2D eigenvalue weighted by atomic mass is 16.6. The van der Waals surface area contributed by atoms with Crippen molar-refractivity contribution in [2.75, 3.05) is 0 Å². The molecule has 0 spiro atoms. The third-order valence-electron chi connectivity index (χ3n) is 5.23. The summed E-state index contributed by atoms with van der Waals surface area (Å²) in [6, 6.07) is 11.8. The number of nitro benzene ring substituents is 1. The first-order valence-corrected chi connectivity index (χ1v) is 10.2. The fourth-order valence-electron chi connectivity index (χ4n) is 3.56. The molecule has 1 heterocycles. The number of amides is 4. The van der Waals surface area contributed by atoms with Crippen LogP contribution >= 0.6 is 0 Å². The van der Waals surface area contributed by atoms with E-state index in [-0.39, 0.29) is 17.7 Å². The molecule has 4 amide bonds. The van der Waals surface area contributed by atoms with Gasteiger partial charge in [0.05, 0.1) is 11.3 Å². The lowest BCUT2D eigenvalue weighted by atomic mass is 10.00. The molecule has 1 aliphatic heterocycles. The first-order chi connectivity index (χ1) is 15.7. The van der Waals surface area contributed by atoms with Gasteiger partial charge in [-0.2, -0.15) is 0 Å². The van der Waals surface area contributed by atoms with Crippen molar-refractivity contribution in [3.8, 4) is 0 Å². The number of para-hydroxylation sites is 1. The molecule has 172 valence electrons. The van der Waals surface area contributed by atoms with E-state index in [1.807, 2.05) is 30.3 Å². The Hall–Kier alpha value is -4.28. The Labute approximate surface area is 188 Å². The van der Waals surface area contributed by atoms with Gasteiger partial charge in [0.2, 0.25) is 23.6 Å². The fourth-order valence-corrected chi connectivity index (χ4v) is 3.56. The number of nitro groups is 1. The Morgan fingerprint density at radius 3 is 2.27 bits per heavy atom. The molecule has 1 fully saturated rings. The van der Waals surface area contributed by atoms with Crippen molar-refractivity contribution < 1.29 is 24.1 Å². The molecular weight excluding hydrogens is 430 g/mol. The van der Waals surface area contributed by atoms with Crippen LogP contribution in [0.25, 0.3) is 0 Å². The number of carbonyl (C=O) groups is 4. The quantitative estimate of drug-likeness (QED) is 0.300. The van der Waals surface area contributed by atoms with Gasteiger partial charge in [0.25, 0.3) is 5.69 Å². The Morgan fingerprint density at radius 1 is 1.00 bits per heavy atom. The van der Waals surface area contributed by atoms with Gasteiger partial charge in [-0.05, 0) is 5.56 Å². The number of carbonyl (C=O) groups excluding carboxylic acids is 4. The first-order valence-electron chi connectivity index (χ1n) is 10.2.